The van der Waals surface area contributed by atoms with E-state index in [9.17, 15) is 14.4 Å². The third-order valence-electron chi connectivity index (χ3n) is 4.25. The Balaban J connectivity index is 4.33. The highest BCUT2D eigenvalue weighted by atomic mass is 16.4. The van der Waals surface area contributed by atoms with Crippen LogP contribution >= 0.6 is 0 Å². The number of hydrogen-bond donors (Lipinski definition) is 3. The largest absolute Gasteiger partial charge is 0.477 e. The van der Waals surface area contributed by atoms with Gasteiger partial charge in [0, 0.05) is 0 Å². The third-order valence-corrected chi connectivity index (χ3v) is 4.25. The molecule has 0 aromatic heterocycles. The second-order valence-electron chi connectivity index (χ2n) is 6.88. The van der Waals surface area contributed by atoms with Crippen LogP contribution in [0.25, 0.3) is 0 Å². The van der Waals surface area contributed by atoms with Gasteiger partial charge in [-0.3, -0.25) is 4.48 Å². The molecule has 0 atom stereocenters. The first kappa shape index (κ1) is 24.1. The van der Waals surface area contributed by atoms with E-state index in [4.69, 9.17) is 15.3 Å². The van der Waals surface area contributed by atoms with E-state index in [-0.39, 0.29) is 0 Å². The predicted octanol–water partition coefficient (Wildman–Crippen LogP) is 3.49. The summed E-state index contributed by atoms with van der Waals surface area (Å²) in [6.07, 6.45) is 14.6. The molecule has 3 N–H and O–H groups in total. The quantitative estimate of drug-likeness (QED) is 0.266. The van der Waals surface area contributed by atoms with Gasteiger partial charge in [-0.25, -0.2) is 14.4 Å². The van der Waals surface area contributed by atoms with Gasteiger partial charge in [0.15, 0.2) is 19.6 Å². The Kier molecular flexibility index (Phi) is 13.3. The fraction of sp³-hybridized carbons (Fsp3) is 0.737. The molecule has 0 saturated carbocycles. The van der Waals surface area contributed by atoms with Crippen molar-refractivity contribution in [2.24, 2.45) is 0 Å². The van der Waals surface area contributed by atoms with Gasteiger partial charge in [-0.2, -0.15) is 0 Å². The van der Waals surface area contributed by atoms with Crippen molar-refractivity contribution in [2.45, 2.75) is 71.1 Å². The van der Waals surface area contributed by atoms with Gasteiger partial charge in [0.05, 0.1) is 6.20 Å². The van der Waals surface area contributed by atoms with Crippen LogP contribution in [0.15, 0.2) is 12.3 Å². The van der Waals surface area contributed by atoms with Crippen LogP contribution in [-0.2, 0) is 14.4 Å². The van der Waals surface area contributed by atoms with E-state index in [0.29, 0.717) is 6.42 Å². The first-order valence-corrected chi connectivity index (χ1v) is 9.50. The van der Waals surface area contributed by atoms with Gasteiger partial charge < -0.3 is 15.3 Å². The van der Waals surface area contributed by atoms with Crippen molar-refractivity contribution in [3.8, 4) is 0 Å². The Morgan fingerprint density at radius 2 is 1.08 bits per heavy atom. The van der Waals surface area contributed by atoms with Crippen molar-refractivity contribution in [3.05, 3.63) is 12.3 Å². The Hall–Kier alpha value is -1.89. The second kappa shape index (κ2) is 14.3. The van der Waals surface area contributed by atoms with E-state index in [1.165, 1.54) is 44.7 Å². The minimum Gasteiger partial charge on any atom is -0.477 e. The lowest BCUT2D eigenvalue weighted by Gasteiger charge is -2.29. The molecule has 0 aliphatic rings. The molecule has 0 heterocycles. The maximum Gasteiger partial charge on any atom is 0.359 e. The summed E-state index contributed by atoms with van der Waals surface area (Å²) in [7, 11) is 0. The standard InChI is InChI=1S/C19H33NO6/c1-2-3-4-5-6-7-8-9-10-11-12-13-20(14-17(21)22,15-18(23)24)16-19(25)26/h12-13H,2-11,14-16H2,1H3,(H2-,21,22,23,24,25,26)/p+1/b13-12+. The molecular weight excluding hydrogens is 338 g/mol. The Morgan fingerprint density at radius 3 is 1.46 bits per heavy atom. The minimum atomic E-state index is -1.22. The maximum atomic E-state index is 11.0. The first-order valence-electron chi connectivity index (χ1n) is 9.50. The highest BCUT2D eigenvalue weighted by Crippen LogP contribution is 2.13. The lowest BCUT2D eigenvalue weighted by molar-refractivity contribution is -0.857. The normalized spacial score (nSPS) is 11.7. The molecule has 26 heavy (non-hydrogen) atoms. The molecular formula is C19H34NO6+. The molecule has 0 unspecified atom stereocenters. The number of carboxylic acid groups (broad SMARTS) is 3. The van der Waals surface area contributed by atoms with E-state index in [0.717, 1.165) is 19.3 Å². The van der Waals surface area contributed by atoms with Crippen LogP contribution in [0.5, 0.6) is 0 Å². The van der Waals surface area contributed by atoms with E-state index in [2.05, 4.69) is 6.92 Å². The molecule has 0 spiro atoms. The predicted molar refractivity (Wildman–Crippen MR) is 98.8 cm³/mol. The number of rotatable bonds is 17. The molecule has 0 radical (unpaired) electrons. The Morgan fingerprint density at radius 1 is 0.692 bits per heavy atom. The van der Waals surface area contributed by atoms with Crippen LogP contribution in [0.4, 0.5) is 0 Å². The van der Waals surface area contributed by atoms with Crippen molar-refractivity contribution >= 4 is 17.9 Å². The molecule has 0 aliphatic carbocycles. The van der Waals surface area contributed by atoms with Gasteiger partial charge in [0.2, 0.25) is 0 Å². The second-order valence-corrected chi connectivity index (χ2v) is 6.88. The number of allylic oxidation sites excluding steroid dienone is 1. The summed E-state index contributed by atoms with van der Waals surface area (Å²) < 4.78 is -0.614. The lowest BCUT2D eigenvalue weighted by Crippen LogP contribution is -2.52. The summed E-state index contributed by atoms with van der Waals surface area (Å²) in [4.78, 5) is 33.1. The summed E-state index contributed by atoms with van der Waals surface area (Å²) in [5, 5.41) is 27.0. The van der Waals surface area contributed by atoms with Crippen LogP contribution in [-0.4, -0.2) is 57.3 Å². The van der Waals surface area contributed by atoms with Crippen LogP contribution in [0, 0.1) is 0 Å². The van der Waals surface area contributed by atoms with Gasteiger partial charge in [-0.05, 0) is 18.9 Å². The smallest absolute Gasteiger partial charge is 0.359 e. The number of unbranched alkanes of at least 4 members (excludes halogenated alkanes) is 9. The van der Waals surface area contributed by atoms with Gasteiger partial charge in [-0.1, -0.05) is 58.3 Å². The Labute approximate surface area is 155 Å². The molecule has 150 valence electrons. The molecule has 0 saturated heterocycles. The number of hydrogen-bond acceptors (Lipinski definition) is 3. The highest BCUT2D eigenvalue weighted by Gasteiger charge is 2.34. The Bertz CT molecular complexity index is 420. The zero-order valence-corrected chi connectivity index (χ0v) is 15.9. The number of nitrogens with zero attached hydrogens (tertiary/aromatic N) is 1. The summed E-state index contributed by atoms with van der Waals surface area (Å²) in [5.41, 5.74) is 0. The van der Waals surface area contributed by atoms with Crippen LogP contribution in [0.2, 0.25) is 0 Å². The van der Waals surface area contributed by atoms with E-state index in [1.54, 1.807) is 6.08 Å². The van der Waals surface area contributed by atoms with Crippen molar-refractivity contribution in [1.29, 1.82) is 0 Å². The van der Waals surface area contributed by atoms with E-state index >= 15 is 0 Å². The van der Waals surface area contributed by atoms with Crippen molar-refractivity contribution in [1.82, 2.24) is 0 Å². The molecule has 7 heteroatoms. The average molecular weight is 372 g/mol. The molecule has 0 aliphatic heterocycles. The third kappa shape index (κ3) is 13.4. The highest BCUT2D eigenvalue weighted by molar-refractivity contribution is 5.73. The topological polar surface area (TPSA) is 112 Å². The molecule has 0 fully saturated rings. The van der Waals surface area contributed by atoms with Crippen molar-refractivity contribution in [2.75, 3.05) is 19.6 Å². The molecule has 0 bridgehead atoms. The van der Waals surface area contributed by atoms with Gasteiger partial charge >= 0.3 is 17.9 Å². The molecule has 7 nitrogen and oxygen atoms in total. The monoisotopic (exact) mass is 372 g/mol. The maximum absolute atomic E-state index is 11.0. The summed E-state index contributed by atoms with van der Waals surface area (Å²) in [5.74, 6) is -3.67. The number of aliphatic carboxylic acids is 3. The minimum absolute atomic E-state index is 0.563. The molecule has 0 aromatic rings. The molecule has 0 aromatic carbocycles. The van der Waals surface area contributed by atoms with Gasteiger partial charge in [-0.15, -0.1) is 0 Å². The zero-order chi connectivity index (χ0) is 19.8. The van der Waals surface area contributed by atoms with E-state index < -0.39 is 42.0 Å². The molecule has 0 rings (SSSR count). The lowest BCUT2D eigenvalue weighted by atomic mass is 10.1. The SMILES string of the molecule is CCCCCCCCCCC/C=C/[N+](CC(=O)O)(CC(=O)O)CC(=O)O. The summed E-state index contributed by atoms with van der Waals surface area (Å²) >= 11 is 0. The number of quaternary nitrogens is 1. The fourth-order valence-corrected chi connectivity index (χ4v) is 3.00. The average Bonchev–Trinajstić information content (AvgIpc) is 2.50. The first-order chi connectivity index (χ1) is 12.3. The van der Waals surface area contributed by atoms with Crippen LogP contribution < -0.4 is 0 Å². The number of carboxylic acids is 3. The van der Waals surface area contributed by atoms with Gasteiger partial charge in [0.25, 0.3) is 0 Å². The summed E-state index contributed by atoms with van der Waals surface area (Å²) in [6.45, 7) is 0.511. The fourth-order valence-electron chi connectivity index (χ4n) is 3.00. The van der Waals surface area contributed by atoms with Crippen molar-refractivity contribution < 1.29 is 34.2 Å². The van der Waals surface area contributed by atoms with Crippen LogP contribution in [0.1, 0.15) is 71.1 Å². The van der Waals surface area contributed by atoms with E-state index in [1.807, 2.05) is 0 Å². The number of carbonyl (C=O) groups is 3. The summed E-state index contributed by atoms with van der Waals surface area (Å²) in [6, 6.07) is 0. The molecule has 0 amide bonds. The van der Waals surface area contributed by atoms with Crippen molar-refractivity contribution in [3.63, 3.8) is 0 Å². The van der Waals surface area contributed by atoms with Gasteiger partial charge in [0.1, 0.15) is 0 Å². The zero-order valence-electron chi connectivity index (χ0n) is 15.9. The van der Waals surface area contributed by atoms with Crippen LogP contribution in [0.3, 0.4) is 0 Å².